The Morgan fingerprint density at radius 2 is 1.88 bits per heavy atom. The lowest BCUT2D eigenvalue weighted by atomic mass is 10.3. The van der Waals surface area contributed by atoms with E-state index in [1.54, 1.807) is 18.2 Å². The summed E-state index contributed by atoms with van der Waals surface area (Å²) < 4.78 is 6.10. The van der Waals surface area contributed by atoms with Gasteiger partial charge in [0, 0.05) is 5.02 Å². The molecule has 0 fully saturated rings. The third-order valence-corrected chi connectivity index (χ3v) is 2.94. The highest BCUT2D eigenvalue weighted by molar-refractivity contribution is 9.10. The predicted molar refractivity (Wildman–Crippen MR) is 69.1 cm³/mol. The summed E-state index contributed by atoms with van der Waals surface area (Å²) in [6, 6.07) is 5.02. The summed E-state index contributed by atoms with van der Waals surface area (Å²) in [5, 5.41) is 7.61. The minimum atomic E-state index is -0.0468. The van der Waals surface area contributed by atoms with Crippen molar-refractivity contribution in [1.82, 2.24) is 15.2 Å². The van der Waals surface area contributed by atoms with E-state index in [0.29, 0.717) is 15.2 Å². The van der Waals surface area contributed by atoms with E-state index in [4.69, 9.17) is 39.5 Å². The SMILES string of the molecule is Clc1ccc(Oc2nc(Cl)nnc2Cl)c(Br)c1. The van der Waals surface area contributed by atoms with Crippen molar-refractivity contribution in [3.05, 3.63) is 38.1 Å². The highest BCUT2D eigenvalue weighted by Gasteiger charge is 2.11. The normalized spacial score (nSPS) is 10.4. The second-order valence-corrected chi connectivity index (χ2v) is 4.84. The van der Waals surface area contributed by atoms with Gasteiger partial charge in [0.1, 0.15) is 5.75 Å². The second-order valence-electron chi connectivity index (χ2n) is 2.85. The van der Waals surface area contributed by atoms with Crippen molar-refractivity contribution in [2.75, 3.05) is 0 Å². The average molecular weight is 355 g/mol. The van der Waals surface area contributed by atoms with Gasteiger partial charge >= 0.3 is 0 Å². The average Bonchev–Trinajstić information content (AvgIpc) is 2.27. The van der Waals surface area contributed by atoms with E-state index >= 15 is 0 Å². The number of hydrogen-bond donors (Lipinski definition) is 0. The van der Waals surface area contributed by atoms with Gasteiger partial charge in [0.05, 0.1) is 4.47 Å². The van der Waals surface area contributed by atoms with Crippen LogP contribution in [0.4, 0.5) is 0 Å². The van der Waals surface area contributed by atoms with Crippen molar-refractivity contribution in [2.24, 2.45) is 0 Å². The van der Waals surface area contributed by atoms with Gasteiger partial charge in [-0.2, -0.15) is 4.98 Å². The molecule has 0 bridgehead atoms. The molecule has 0 N–H and O–H groups in total. The lowest BCUT2D eigenvalue weighted by Gasteiger charge is -2.07. The van der Waals surface area contributed by atoms with Crippen LogP contribution in [-0.2, 0) is 0 Å². The molecule has 0 spiro atoms. The molecule has 1 aromatic heterocycles. The van der Waals surface area contributed by atoms with E-state index in [1.165, 1.54) is 0 Å². The Morgan fingerprint density at radius 3 is 2.59 bits per heavy atom. The van der Waals surface area contributed by atoms with Crippen LogP contribution < -0.4 is 4.74 Å². The molecule has 0 radical (unpaired) electrons. The second kappa shape index (κ2) is 5.35. The molecule has 0 amide bonds. The Hall–Kier alpha value is -0.620. The molecule has 2 aromatic rings. The summed E-state index contributed by atoms with van der Waals surface area (Å²) in [5.74, 6) is 0.572. The van der Waals surface area contributed by atoms with Gasteiger partial charge in [0.15, 0.2) is 0 Å². The molecular weight excluding hydrogens is 352 g/mol. The summed E-state index contributed by atoms with van der Waals surface area (Å²) >= 11 is 20.5. The van der Waals surface area contributed by atoms with Crippen molar-refractivity contribution in [2.45, 2.75) is 0 Å². The Kier molecular flexibility index (Phi) is 4.04. The first-order valence-corrected chi connectivity index (χ1v) is 6.17. The van der Waals surface area contributed by atoms with E-state index in [9.17, 15) is 0 Å². The fraction of sp³-hybridized carbons (Fsp3) is 0. The van der Waals surface area contributed by atoms with Crippen LogP contribution >= 0.6 is 50.7 Å². The van der Waals surface area contributed by atoms with Gasteiger partial charge in [-0.3, -0.25) is 0 Å². The van der Waals surface area contributed by atoms with Crippen LogP contribution in [0.2, 0.25) is 15.5 Å². The highest BCUT2D eigenvalue weighted by Crippen LogP contribution is 2.33. The van der Waals surface area contributed by atoms with E-state index in [0.717, 1.165) is 0 Å². The summed E-state index contributed by atoms with van der Waals surface area (Å²) in [6.07, 6.45) is 0. The molecule has 0 aliphatic heterocycles. The molecule has 0 aliphatic carbocycles. The van der Waals surface area contributed by atoms with Crippen LogP contribution in [-0.4, -0.2) is 15.2 Å². The molecule has 0 saturated carbocycles. The molecule has 0 aliphatic rings. The first-order valence-electron chi connectivity index (χ1n) is 4.25. The standard InChI is InChI=1S/C9H3BrCl3N3O/c10-5-3-4(11)1-2-6(5)17-8-7(12)15-16-9(13)14-8/h1-3H. The smallest absolute Gasteiger partial charge is 0.262 e. The number of benzene rings is 1. The van der Waals surface area contributed by atoms with Gasteiger partial charge < -0.3 is 4.74 Å². The Bertz CT molecular complexity index is 567. The predicted octanol–water partition coefficient (Wildman–Crippen LogP) is 4.39. The van der Waals surface area contributed by atoms with Crippen LogP contribution in [0.3, 0.4) is 0 Å². The highest BCUT2D eigenvalue weighted by atomic mass is 79.9. The van der Waals surface area contributed by atoms with Crippen LogP contribution in [0.15, 0.2) is 22.7 Å². The Balaban J connectivity index is 2.34. The maximum absolute atomic E-state index is 5.81. The minimum absolute atomic E-state index is 0.0243. The van der Waals surface area contributed by atoms with Gasteiger partial charge in [-0.25, -0.2) is 0 Å². The number of halogens is 4. The third-order valence-electron chi connectivity index (χ3n) is 1.69. The molecule has 1 aromatic carbocycles. The molecule has 0 saturated heterocycles. The van der Waals surface area contributed by atoms with Gasteiger partial charge in [0.25, 0.3) is 5.88 Å². The van der Waals surface area contributed by atoms with Crippen molar-refractivity contribution in [3.63, 3.8) is 0 Å². The number of rotatable bonds is 2. The molecule has 88 valence electrons. The zero-order valence-electron chi connectivity index (χ0n) is 7.99. The molecule has 4 nitrogen and oxygen atoms in total. The van der Waals surface area contributed by atoms with Crippen LogP contribution in [0.5, 0.6) is 11.6 Å². The fourth-order valence-electron chi connectivity index (χ4n) is 1.01. The molecule has 0 unspecified atom stereocenters. The zero-order valence-corrected chi connectivity index (χ0v) is 11.8. The van der Waals surface area contributed by atoms with Crippen molar-refractivity contribution >= 4 is 50.7 Å². The van der Waals surface area contributed by atoms with E-state index in [1.807, 2.05) is 0 Å². The molecular formula is C9H3BrCl3N3O. The van der Waals surface area contributed by atoms with E-state index in [2.05, 4.69) is 31.1 Å². The number of hydrogen-bond acceptors (Lipinski definition) is 4. The largest absolute Gasteiger partial charge is 0.435 e. The third kappa shape index (κ3) is 3.19. The fourth-order valence-corrected chi connectivity index (χ4v) is 2.00. The number of nitrogens with zero attached hydrogens (tertiary/aromatic N) is 3. The monoisotopic (exact) mass is 353 g/mol. The Labute approximate surface area is 120 Å². The van der Waals surface area contributed by atoms with Gasteiger partial charge in [-0.15, -0.1) is 10.2 Å². The Morgan fingerprint density at radius 1 is 1.12 bits per heavy atom. The molecule has 17 heavy (non-hydrogen) atoms. The summed E-state index contributed by atoms with van der Waals surface area (Å²) in [4.78, 5) is 3.82. The van der Waals surface area contributed by atoms with Crippen LogP contribution in [0.1, 0.15) is 0 Å². The summed E-state index contributed by atoms with van der Waals surface area (Å²) in [7, 11) is 0. The number of ether oxygens (including phenoxy) is 1. The van der Waals surface area contributed by atoms with Crippen LogP contribution in [0, 0.1) is 0 Å². The van der Waals surface area contributed by atoms with Gasteiger partial charge in [-0.1, -0.05) is 23.2 Å². The summed E-state index contributed by atoms with van der Waals surface area (Å²) in [5.41, 5.74) is 0. The maximum atomic E-state index is 5.81. The van der Waals surface area contributed by atoms with E-state index in [-0.39, 0.29) is 16.3 Å². The van der Waals surface area contributed by atoms with Crippen molar-refractivity contribution in [1.29, 1.82) is 0 Å². The minimum Gasteiger partial charge on any atom is -0.435 e. The quantitative estimate of drug-likeness (QED) is 0.802. The zero-order chi connectivity index (χ0) is 12.4. The first-order chi connectivity index (χ1) is 8.06. The molecule has 1 heterocycles. The maximum Gasteiger partial charge on any atom is 0.262 e. The van der Waals surface area contributed by atoms with Gasteiger partial charge in [-0.05, 0) is 45.7 Å². The lowest BCUT2D eigenvalue weighted by molar-refractivity contribution is 0.455. The van der Waals surface area contributed by atoms with Crippen LogP contribution in [0.25, 0.3) is 0 Å². The van der Waals surface area contributed by atoms with Crippen molar-refractivity contribution in [3.8, 4) is 11.6 Å². The summed E-state index contributed by atoms with van der Waals surface area (Å²) in [6.45, 7) is 0. The van der Waals surface area contributed by atoms with Gasteiger partial charge in [0.2, 0.25) is 10.4 Å². The molecule has 8 heteroatoms. The molecule has 2 rings (SSSR count). The topological polar surface area (TPSA) is 47.9 Å². The van der Waals surface area contributed by atoms with Crippen molar-refractivity contribution < 1.29 is 4.74 Å². The van der Waals surface area contributed by atoms with E-state index < -0.39 is 0 Å². The molecule has 0 atom stereocenters. The lowest BCUT2D eigenvalue weighted by Crippen LogP contribution is -1.95. The number of aromatic nitrogens is 3. The first kappa shape index (κ1) is 12.8.